The SMILES string of the molecule is CCNC(=NCCCCNc1ccccn1)NC1CCC(O)CC1.I. The Morgan fingerprint density at radius 1 is 1.24 bits per heavy atom. The largest absolute Gasteiger partial charge is 0.393 e. The molecule has 142 valence electrons. The van der Waals surface area contributed by atoms with Gasteiger partial charge in [0.2, 0.25) is 0 Å². The molecular weight excluding hydrogens is 429 g/mol. The monoisotopic (exact) mass is 461 g/mol. The number of nitrogens with one attached hydrogen (secondary N) is 3. The number of aromatic nitrogens is 1. The number of rotatable bonds is 8. The summed E-state index contributed by atoms with van der Waals surface area (Å²) in [7, 11) is 0. The number of guanidine groups is 1. The van der Waals surface area contributed by atoms with Crippen LogP contribution in [0.5, 0.6) is 0 Å². The second-order valence-electron chi connectivity index (χ2n) is 6.26. The minimum absolute atomic E-state index is 0. The second kappa shape index (κ2) is 13.2. The van der Waals surface area contributed by atoms with Crippen molar-refractivity contribution in [3.63, 3.8) is 0 Å². The molecule has 25 heavy (non-hydrogen) atoms. The molecular formula is C18H32IN5O. The molecule has 0 aliphatic heterocycles. The van der Waals surface area contributed by atoms with Gasteiger partial charge in [0, 0.05) is 31.9 Å². The van der Waals surface area contributed by atoms with Crippen molar-refractivity contribution in [2.75, 3.05) is 25.0 Å². The molecule has 0 bridgehead atoms. The van der Waals surface area contributed by atoms with E-state index in [1.807, 2.05) is 18.2 Å². The lowest BCUT2D eigenvalue weighted by Gasteiger charge is -2.27. The van der Waals surface area contributed by atoms with Gasteiger partial charge in [-0.15, -0.1) is 24.0 Å². The molecule has 0 aromatic carbocycles. The highest BCUT2D eigenvalue weighted by atomic mass is 127. The summed E-state index contributed by atoms with van der Waals surface area (Å²) >= 11 is 0. The second-order valence-corrected chi connectivity index (χ2v) is 6.26. The first-order valence-electron chi connectivity index (χ1n) is 9.15. The van der Waals surface area contributed by atoms with Crippen LogP contribution in [0.4, 0.5) is 5.82 Å². The number of aliphatic imine (C=N–C) groups is 1. The lowest BCUT2D eigenvalue weighted by Crippen LogP contribution is -2.45. The predicted molar refractivity (Wildman–Crippen MR) is 115 cm³/mol. The summed E-state index contributed by atoms with van der Waals surface area (Å²) in [6.45, 7) is 4.67. The normalized spacial score (nSPS) is 20.5. The van der Waals surface area contributed by atoms with Crippen LogP contribution >= 0.6 is 24.0 Å². The Labute approximate surface area is 168 Å². The Hall–Kier alpha value is -1.09. The fourth-order valence-electron chi connectivity index (χ4n) is 2.84. The minimum Gasteiger partial charge on any atom is -0.393 e. The summed E-state index contributed by atoms with van der Waals surface area (Å²) in [5.74, 6) is 1.83. The van der Waals surface area contributed by atoms with Crippen molar-refractivity contribution in [2.45, 2.75) is 57.6 Å². The van der Waals surface area contributed by atoms with Crippen LogP contribution in [0.3, 0.4) is 0 Å². The number of anilines is 1. The van der Waals surface area contributed by atoms with Gasteiger partial charge in [-0.25, -0.2) is 4.98 Å². The quantitative estimate of drug-likeness (QED) is 0.207. The van der Waals surface area contributed by atoms with E-state index in [0.717, 1.165) is 69.9 Å². The Kier molecular flexibility index (Phi) is 11.6. The average molecular weight is 461 g/mol. The first kappa shape index (κ1) is 22.0. The molecule has 1 aliphatic rings. The smallest absolute Gasteiger partial charge is 0.191 e. The van der Waals surface area contributed by atoms with Gasteiger partial charge in [0.05, 0.1) is 6.10 Å². The number of unbranched alkanes of at least 4 members (excludes halogenated alkanes) is 1. The van der Waals surface area contributed by atoms with Crippen molar-refractivity contribution < 1.29 is 5.11 Å². The summed E-state index contributed by atoms with van der Waals surface area (Å²) in [4.78, 5) is 8.90. The van der Waals surface area contributed by atoms with E-state index < -0.39 is 0 Å². The van der Waals surface area contributed by atoms with E-state index >= 15 is 0 Å². The van der Waals surface area contributed by atoms with Gasteiger partial charge in [-0.2, -0.15) is 0 Å². The van der Waals surface area contributed by atoms with Crippen molar-refractivity contribution in [3.05, 3.63) is 24.4 Å². The Bertz CT molecular complexity index is 478. The van der Waals surface area contributed by atoms with Crippen LogP contribution in [-0.4, -0.2) is 47.8 Å². The van der Waals surface area contributed by atoms with Crippen molar-refractivity contribution in [3.8, 4) is 0 Å². The van der Waals surface area contributed by atoms with E-state index in [-0.39, 0.29) is 30.1 Å². The molecule has 0 saturated heterocycles. The number of pyridine rings is 1. The molecule has 0 spiro atoms. The fourth-order valence-corrected chi connectivity index (χ4v) is 2.84. The van der Waals surface area contributed by atoms with Gasteiger partial charge in [-0.1, -0.05) is 6.07 Å². The van der Waals surface area contributed by atoms with E-state index in [4.69, 9.17) is 0 Å². The predicted octanol–water partition coefficient (Wildman–Crippen LogP) is 2.75. The number of aliphatic hydroxyl groups excluding tert-OH is 1. The summed E-state index contributed by atoms with van der Waals surface area (Å²) in [6, 6.07) is 6.31. The highest BCUT2D eigenvalue weighted by Crippen LogP contribution is 2.18. The van der Waals surface area contributed by atoms with E-state index in [1.165, 1.54) is 0 Å². The lowest BCUT2D eigenvalue weighted by molar-refractivity contribution is 0.120. The maximum Gasteiger partial charge on any atom is 0.191 e. The third-order valence-electron chi connectivity index (χ3n) is 4.21. The Balaban J connectivity index is 0.00000312. The molecule has 1 aromatic heterocycles. The molecule has 0 amide bonds. The zero-order chi connectivity index (χ0) is 17.0. The van der Waals surface area contributed by atoms with Crippen molar-refractivity contribution in [1.29, 1.82) is 0 Å². The van der Waals surface area contributed by atoms with E-state index in [9.17, 15) is 5.11 Å². The number of hydrogen-bond donors (Lipinski definition) is 4. The standard InChI is InChI=1S/C18H31N5O.HI/c1-2-19-18(23-15-8-10-16(24)11-9-15)22-14-6-5-13-21-17-7-3-4-12-20-17;/h3-4,7,12,15-16,24H,2,5-6,8-11,13-14H2,1H3,(H,20,21)(H2,19,22,23);1H. The Morgan fingerprint density at radius 2 is 2.04 bits per heavy atom. The first-order valence-corrected chi connectivity index (χ1v) is 9.15. The lowest BCUT2D eigenvalue weighted by atomic mass is 9.93. The molecule has 4 N–H and O–H groups in total. The van der Waals surface area contributed by atoms with Crippen LogP contribution in [0.25, 0.3) is 0 Å². The zero-order valence-electron chi connectivity index (χ0n) is 15.1. The third-order valence-corrected chi connectivity index (χ3v) is 4.21. The summed E-state index contributed by atoms with van der Waals surface area (Å²) in [5, 5.41) is 19.7. The third kappa shape index (κ3) is 9.25. The maximum absolute atomic E-state index is 9.59. The highest BCUT2D eigenvalue weighted by Gasteiger charge is 2.19. The number of hydrogen-bond acceptors (Lipinski definition) is 4. The first-order chi connectivity index (χ1) is 11.8. The highest BCUT2D eigenvalue weighted by molar-refractivity contribution is 14.0. The topological polar surface area (TPSA) is 81.6 Å². The molecule has 1 heterocycles. The van der Waals surface area contributed by atoms with Gasteiger partial charge >= 0.3 is 0 Å². The van der Waals surface area contributed by atoms with Crippen molar-refractivity contribution in [1.82, 2.24) is 15.6 Å². The molecule has 6 nitrogen and oxygen atoms in total. The fraction of sp³-hybridized carbons (Fsp3) is 0.667. The van der Waals surface area contributed by atoms with Gasteiger partial charge in [-0.05, 0) is 57.6 Å². The van der Waals surface area contributed by atoms with Gasteiger partial charge in [-0.3, -0.25) is 4.99 Å². The molecule has 0 atom stereocenters. The van der Waals surface area contributed by atoms with Crippen LogP contribution in [0.2, 0.25) is 0 Å². The zero-order valence-corrected chi connectivity index (χ0v) is 17.4. The average Bonchev–Trinajstić information content (AvgIpc) is 2.61. The number of nitrogens with zero attached hydrogens (tertiary/aromatic N) is 2. The molecule has 1 fully saturated rings. The van der Waals surface area contributed by atoms with E-state index in [1.54, 1.807) is 6.20 Å². The van der Waals surface area contributed by atoms with Crippen LogP contribution in [0.1, 0.15) is 45.4 Å². The summed E-state index contributed by atoms with van der Waals surface area (Å²) < 4.78 is 0. The molecule has 2 rings (SSSR count). The molecule has 0 unspecified atom stereocenters. The van der Waals surface area contributed by atoms with Gasteiger partial charge in [0.1, 0.15) is 5.82 Å². The molecule has 7 heteroatoms. The van der Waals surface area contributed by atoms with Gasteiger partial charge in [0.25, 0.3) is 0 Å². The molecule has 0 radical (unpaired) electrons. The van der Waals surface area contributed by atoms with Crippen molar-refractivity contribution >= 4 is 35.8 Å². The van der Waals surface area contributed by atoms with Crippen LogP contribution in [-0.2, 0) is 0 Å². The number of aliphatic hydroxyl groups is 1. The van der Waals surface area contributed by atoms with Crippen LogP contribution < -0.4 is 16.0 Å². The summed E-state index contributed by atoms with van der Waals surface area (Å²) in [5.41, 5.74) is 0. The number of halogens is 1. The van der Waals surface area contributed by atoms with E-state index in [2.05, 4.69) is 32.9 Å². The van der Waals surface area contributed by atoms with Gasteiger partial charge < -0.3 is 21.1 Å². The Morgan fingerprint density at radius 3 is 2.72 bits per heavy atom. The van der Waals surface area contributed by atoms with E-state index in [0.29, 0.717) is 6.04 Å². The maximum atomic E-state index is 9.59. The van der Waals surface area contributed by atoms with Gasteiger partial charge in [0.15, 0.2) is 5.96 Å². The minimum atomic E-state index is -0.117. The van der Waals surface area contributed by atoms with Crippen LogP contribution in [0, 0.1) is 0 Å². The molecule has 1 aliphatic carbocycles. The van der Waals surface area contributed by atoms with Crippen molar-refractivity contribution in [2.24, 2.45) is 4.99 Å². The molecule has 1 aromatic rings. The molecule has 1 saturated carbocycles. The van der Waals surface area contributed by atoms with Crippen LogP contribution in [0.15, 0.2) is 29.4 Å². The summed E-state index contributed by atoms with van der Waals surface area (Å²) in [6.07, 6.45) is 7.58.